The lowest BCUT2D eigenvalue weighted by atomic mass is 10.1. The smallest absolute Gasteiger partial charge is 0.287 e. The largest absolute Gasteiger partial charge is 0.350 e. The zero-order valence-corrected chi connectivity index (χ0v) is 23.3. The molecule has 204 valence electrons. The molecule has 0 fully saturated rings. The molecule has 3 N–H and O–H groups in total. The second-order valence-electron chi connectivity index (χ2n) is 9.55. The van der Waals surface area contributed by atoms with E-state index in [0.717, 1.165) is 10.2 Å². The Bertz CT molecular complexity index is 2110. The van der Waals surface area contributed by atoms with Crippen LogP contribution in [0.2, 0.25) is 5.02 Å². The molecule has 0 atom stereocenters. The number of fused-ring (bicyclic) bond motifs is 2. The number of H-pyrrole nitrogens is 2. The van der Waals surface area contributed by atoms with Gasteiger partial charge >= 0.3 is 0 Å². The quantitative estimate of drug-likeness (QED) is 0.161. The highest BCUT2D eigenvalue weighted by Crippen LogP contribution is 2.21. The molecule has 0 saturated heterocycles. The fourth-order valence-electron chi connectivity index (χ4n) is 4.81. The van der Waals surface area contributed by atoms with Crippen molar-refractivity contribution in [3.05, 3.63) is 118 Å². The van der Waals surface area contributed by atoms with Gasteiger partial charge in [0.2, 0.25) is 5.43 Å². The lowest BCUT2D eigenvalue weighted by Crippen LogP contribution is -2.34. The second kappa shape index (κ2) is 10.2. The van der Waals surface area contributed by atoms with Crippen LogP contribution in [0, 0.1) is 20.8 Å². The van der Waals surface area contributed by atoms with Gasteiger partial charge in [0.15, 0.2) is 0 Å². The van der Waals surface area contributed by atoms with E-state index in [1.165, 1.54) is 24.4 Å². The number of hydrazone groups is 1. The topological polar surface area (TPSA) is 146 Å². The van der Waals surface area contributed by atoms with Gasteiger partial charge in [-0.15, -0.1) is 0 Å². The van der Waals surface area contributed by atoms with Gasteiger partial charge in [0.1, 0.15) is 10.9 Å². The van der Waals surface area contributed by atoms with Gasteiger partial charge in [-0.1, -0.05) is 53.6 Å². The first-order valence-corrected chi connectivity index (χ1v) is 14.0. The third-order valence-electron chi connectivity index (χ3n) is 6.47. The number of halogens is 1. The average Bonchev–Trinajstić information content (AvgIpc) is 2.87. The number of aromatic nitrogens is 3. The van der Waals surface area contributed by atoms with Crippen molar-refractivity contribution in [3.8, 4) is 0 Å². The maximum absolute atomic E-state index is 13.2. The fraction of sp³-hybridized carbons (Fsp3) is 0.143. The number of nitrogens with zero attached hydrogens (tertiary/aromatic N) is 2. The maximum Gasteiger partial charge on any atom is 0.287 e. The van der Waals surface area contributed by atoms with Crippen LogP contribution in [0.1, 0.15) is 27.8 Å². The van der Waals surface area contributed by atoms with Crippen molar-refractivity contribution in [1.29, 1.82) is 0 Å². The average molecular weight is 578 g/mol. The van der Waals surface area contributed by atoms with E-state index in [2.05, 4.69) is 20.0 Å². The molecule has 0 aliphatic heterocycles. The Kier molecular flexibility index (Phi) is 6.94. The van der Waals surface area contributed by atoms with Gasteiger partial charge in [0.25, 0.3) is 21.1 Å². The monoisotopic (exact) mass is 577 g/mol. The molecule has 10 nitrogen and oxygen atoms in total. The number of benzene rings is 3. The first kappa shape index (κ1) is 27.1. The Morgan fingerprint density at radius 2 is 1.65 bits per heavy atom. The fourth-order valence-corrected chi connectivity index (χ4v) is 6.23. The van der Waals surface area contributed by atoms with Gasteiger partial charge in [-0.25, -0.2) is 9.51 Å². The minimum absolute atomic E-state index is 0.00185. The highest BCUT2D eigenvalue weighted by atomic mass is 35.5. The van der Waals surface area contributed by atoms with Gasteiger partial charge in [-0.05, 0) is 61.2 Å². The van der Waals surface area contributed by atoms with Crippen molar-refractivity contribution in [2.75, 3.05) is 0 Å². The predicted octanol–water partition coefficient (Wildman–Crippen LogP) is 3.47. The Labute approximate surface area is 233 Å². The molecule has 0 amide bonds. The normalized spacial score (nSPS) is 12.0. The lowest BCUT2D eigenvalue weighted by Gasteiger charge is -2.11. The zero-order chi connectivity index (χ0) is 28.8. The van der Waals surface area contributed by atoms with Crippen LogP contribution < -0.4 is 21.4 Å². The number of sulfonamides is 1. The summed E-state index contributed by atoms with van der Waals surface area (Å²) in [6.07, 6.45) is 1.36. The summed E-state index contributed by atoms with van der Waals surface area (Å²) in [5, 5.41) is 6.80. The van der Waals surface area contributed by atoms with Crippen molar-refractivity contribution in [2.24, 2.45) is 5.10 Å². The lowest BCUT2D eigenvalue weighted by molar-refractivity contribution is 0.583. The van der Waals surface area contributed by atoms with Crippen LogP contribution in [-0.2, 0) is 16.6 Å². The molecule has 2 heterocycles. The first-order chi connectivity index (χ1) is 18.9. The number of hydrogen-bond donors (Lipinski definition) is 3. The molecule has 40 heavy (non-hydrogen) atoms. The van der Waals surface area contributed by atoms with Crippen LogP contribution in [-0.4, -0.2) is 29.4 Å². The van der Waals surface area contributed by atoms with E-state index >= 15 is 0 Å². The number of rotatable bonds is 6. The Hall–Kier alpha value is -4.48. The molecule has 12 heteroatoms. The van der Waals surface area contributed by atoms with E-state index in [-0.39, 0.29) is 27.7 Å². The number of aromatic amines is 2. The zero-order valence-electron chi connectivity index (χ0n) is 21.7. The predicted molar refractivity (Wildman–Crippen MR) is 156 cm³/mol. The minimum atomic E-state index is -3.86. The van der Waals surface area contributed by atoms with E-state index in [4.69, 9.17) is 11.6 Å². The van der Waals surface area contributed by atoms with Crippen molar-refractivity contribution in [1.82, 2.24) is 19.6 Å². The molecule has 0 unspecified atom stereocenters. The van der Waals surface area contributed by atoms with Crippen LogP contribution in [0.5, 0.6) is 0 Å². The number of pyridine rings is 1. The van der Waals surface area contributed by atoms with E-state index in [9.17, 15) is 22.8 Å². The number of hydrogen-bond acceptors (Lipinski definition) is 6. The molecular formula is C28H24ClN5O5S. The van der Waals surface area contributed by atoms with E-state index in [1.54, 1.807) is 50.2 Å². The molecule has 0 bridgehead atoms. The van der Waals surface area contributed by atoms with Gasteiger partial charge in [0, 0.05) is 10.4 Å². The summed E-state index contributed by atoms with van der Waals surface area (Å²) in [6, 6.07) is 14.9. The third kappa shape index (κ3) is 5.08. The van der Waals surface area contributed by atoms with Crippen molar-refractivity contribution in [2.45, 2.75) is 32.2 Å². The molecule has 2 aromatic heterocycles. The van der Waals surface area contributed by atoms with E-state index in [0.29, 0.717) is 32.8 Å². The maximum atomic E-state index is 13.2. The standard InChI is InChI=1S/C28H24ClN5O5S/c1-15-10-16(2)26(17(3)11-15)40(38,39)33-30-13-18-4-6-19(7-5-18)14-34-28(37)23-24(27(36)32-34)31-22-12-20(29)8-9-21(22)25(23)35/h4-13,33H,14H2,1-3H3,(H,31,35)(H,32,36). The Morgan fingerprint density at radius 3 is 2.33 bits per heavy atom. The van der Waals surface area contributed by atoms with Gasteiger partial charge in [-0.2, -0.15) is 13.5 Å². The molecule has 0 aliphatic rings. The summed E-state index contributed by atoms with van der Waals surface area (Å²) in [6.45, 7) is 5.37. The number of nitrogens with one attached hydrogen (secondary N) is 3. The third-order valence-corrected chi connectivity index (χ3v) is 8.23. The summed E-state index contributed by atoms with van der Waals surface area (Å²) in [7, 11) is -3.86. The second-order valence-corrected chi connectivity index (χ2v) is 11.6. The molecule has 0 saturated carbocycles. The van der Waals surface area contributed by atoms with Crippen molar-refractivity contribution < 1.29 is 8.42 Å². The van der Waals surface area contributed by atoms with Crippen LogP contribution in [0.15, 0.2) is 79.0 Å². The number of aryl methyl sites for hydroxylation is 3. The molecule has 3 aromatic carbocycles. The minimum Gasteiger partial charge on any atom is -0.350 e. The van der Waals surface area contributed by atoms with Crippen molar-refractivity contribution in [3.63, 3.8) is 0 Å². The van der Waals surface area contributed by atoms with Gasteiger partial charge < -0.3 is 4.98 Å². The first-order valence-electron chi connectivity index (χ1n) is 12.1. The van der Waals surface area contributed by atoms with E-state index in [1.807, 2.05) is 6.92 Å². The molecular weight excluding hydrogens is 554 g/mol. The van der Waals surface area contributed by atoms with Crippen LogP contribution in [0.4, 0.5) is 0 Å². The molecule has 5 aromatic rings. The summed E-state index contributed by atoms with van der Waals surface area (Å²) in [5.74, 6) is 0. The Balaban J connectivity index is 1.38. The summed E-state index contributed by atoms with van der Waals surface area (Å²) >= 11 is 6.00. The SMILES string of the molecule is Cc1cc(C)c(S(=O)(=O)NN=Cc2ccc(Cn3[nH]c(=O)c4[nH]c5cc(Cl)ccc5c(=O)c4c3=O)cc2)c(C)c1. The highest BCUT2D eigenvalue weighted by Gasteiger charge is 2.19. The summed E-state index contributed by atoms with van der Waals surface area (Å²) in [5.41, 5.74) is 1.90. The molecule has 0 spiro atoms. The Morgan fingerprint density at radius 1 is 0.975 bits per heavy atom. The van der Waals surface area contributed by atoms with Crippen molar-refractivity contribution >= 4 is 49.6 Å². The molecule has 5 rings (SSSR count). The van der Waals surface area contributed by atoms with Gasteiger partial charge in [-0.3, -0.25) is 19.5 Å². The van der Waals surface area contributed by atoms with Crippen LogP contribution in [0.25, 0.3) is 21.8 Å². The van der Waals surface area contributed by atoms with E-state index < -0.39 is 26.6 Å². The van der Waals surface area contributed by atoms with Gasteiger partial charge in [0.05, 0.1) is 23.2 Å². The molecule has 0 radical (unpaired) electrons. The summed E-state index contributed by atoms with van der Waals surface area (Å²) in [4.78, 5) is 44.2. The van der Waals surface area contributed by atoms with Crippen LogP contribution >= 0.6 is 11.6 Å². The van der Waals surface area contributed by atoms with Crippen LogP contribution in [0.3, 0.4) is 0 Å². The molecule has 0 aliphatic carbocycles. The highest BCUT2D eigenvalue weighted by molar-refractivity contribution is 7.89. The summed E-state index contributed by atoms with van der Waals surface area (Å²) < 4.78 is 26.6.